The van der Waals surface area contributed by atoms with Crippen LogP contribution in [0.1, 0.15) is 52.9 Å². The maximum Gasteiger partial charge on any atom is 0.00931 e. The Morgan fingerprint density at radius 1 is 1.21 bits per heavy atom. The molecule has 0 bridgehead atoms. The largest absolute Gasteiger partial charge is 0.313 e. The van der Waals surface area contributed by atoms with Crippen molar-refractivity contribution in [2.75, 3.05) is 6.54 Å². The van der Waals surface area contributed by atoms with Gasteiger partial charge in [0.1, 0.15) is 0 Å². The molecule has 1 N–H and O–H groups in total. The molecule has 14 heavy (non-hydrogen) atoms. The van der Waals surface area contributed by atoms with Crippen molar-refractivity contribution < 1.29 is 0 Å². The lowest BCUT2D eigenvalue weighted by molar-refractivity contribution is 0.220. The van der Waals surface area contributed by atoms with Gasteiger partial charge in [0, 0.05) is 12.6 Å². The zero-order valence-electron chi connectivity index (χ0n) is 9.97. The van der Waals surface area contributed by atoms with Crippen molar-refractivity contribution in [1.82, 2.24) is 5.32 Å². The maximum absolute atomic E-state index is 3.79. The molecule has 2 fully saturated rings. The summed E-state index contributed by atoms with van der Waals surface area (Å²) < 4.78 is 0. The second-order valence-corrected chi connectivity index (χ2v) is 6.19. The molecule has 0 aromatic rings. The summed E-state index contributed by atoms with van der Waals surface area (Å²) in [6.45, 7) is 8.49. The Kier molecular flexibility index (Phi) is 2.88. The smallest absolute Gasteiger partial charge is 0.00931 e. The topological polar surface area (TPSA) is 12.0 Å². The zero-order valence-corrected chi connectivity index (χ0v) is 9.97. The number of nitrogens with one attached hydrogen (secondary N) is 1. The summed E-state index contributed by atoms with van der Waals surface area (Å²) in [5, 5.41) is 3.79. The molecule has 0 amide bonds. The summed E-state index contributed by atoms with van der Waals surface area (Å²) in [5.41, 5.74) is 0.669. The van der Waals surface area contributed by atoms with E-state index in [4.69, 9.17) is 0 Å². The van der Waals surface area contributed by atoms with Crippen LogP contribution in [0.2, 0.25) is 0 Å². The van der Waals surface area contributed by atoms with Crippen molar-refractivity contribution >= 4 is 0 Å². The van der Waals surface area contributed by atoms with Crippen LogP contribution < -0.4 is 5.32 Å². The summed E-state index contributed by atoms with van der Waals surface area (Å²) in [6.07, 6.45) is 7.14. The van der Waals surface area contributed by atoms with Crippen molar-refractivity contribution in [3.05, 3.63) is 0 Å². The summed E-state index contributed by atoms with van der Waals surface area (Å²) in [5.74, 6) is 1.85. The van der Waals surface area contributed by atoms with Gasteiger partial charge >= 0.3 is 0 Å². The van der Waals surface area contributed by atoms with Gasteiger partial charge in [-0.3, -0.25) is 0 Å². The highest BCUT2D eigenvalue weighted by atomic mass is 14.9. The number of rotatable bonds is 3. The van der Waals surface area contributed by atoms with E-state index in [1.807, 2.05) is 0 Å². The van der Waals surface area contributed by atoms with Crippen LogP contribution in [-0.4, -0.2) is 12.6 Å². The molecule has 0 heterocycles. The lowest BCUT2D eigenvalue weighted by Gasteiger charge is -2.34. The molecule has 82 valence electrons. The van der Waals surface area contributed by atoms with Crippen LogP contribution in [0.3, 0.4) is 0 Å². The maximum atomic E-state index is 3.79. The van der Waals surface area contributed by atoms with Crippen LogP contribution in [0.5, 0.6) is 0 Å². The van der Waals surface area contributed by atoms with E-state index in [0.29, 0.717) is 5.41 Å². The van der Waals surface area contributed by atoms with Gasteiger partial charge in [-0.1, -0.05) is 20.8 Å². The van der Waals surface area contributed by atoms with E-state index in [2.05, 4.69) is 26.1 Å². The van der Waals surface area contributed by atoms with E-state index in [9.17, 15) is 0 Å². The van der Waals surface area contributed by atoms with Gasteiger partial charge in [0.15, 0.2) is 0 Å². The molecular weight excluding hydrogens is 170 g/mol. The van der Waals surface area contributed by atoms with E-state index < -0.39 is 0 Å². The van der Waals surface area contributed by atoms with E-state index in [-0.39, 0.29) is 0 Å². The molecule has 0 aromatic carbocycles. The molecule has 0 radical (unpaired) electrons. The SMILES string of the molecule is CC1CCC(NCC2(C)CC2)C(C)C1. The standard InChI is InChI=1S/C13H25N/c1-10-4-5-12(11(2)8-10)14-9-13(3)6-7-13/h10-12,14H,4-9H2,1-3H3. The van der Waals surface area contributed by atoms with Gasteiger partial charge in [-0.2, -0.15) is 0 Å². The van der Waals surface area contributed by atoms with Crippen LogP contribution in [0, 0.1) is 17.3 Å². The molecule has 2 rings (SSSR count). The van der Waals surface area contributed by atoms with Crippen molar-refractivity contribution in [2.45, 2.75) is 58.9 Å². The minimum Gasteiger partial charge on any atom is -0.313 e. The van der Waals surface area contributed by atoms with Crippen LogP contribution >= 0.6 is 0 Å². The Balaban J connectivity index is 1.74. The quantitative estimate of drug-likeness (QED) is 0.729. The highest BCUT2D eigenvalue weighted by Gasteiger charge is 2.38. The molecule has 1 nitrogen and oxygen atoms in total. The Bertz CT molecular complexity index is 195. The Hall–Kier alpha value is -0.0400. The van der Waals surface area contributed by atoms with E-state index in [1.54, 1.807) is 0 Å². The number of hydrogen-bond acceptors (Lipinski definition) is 1. The summed E-state index contributed by atoms with van der Waals surface area (Å²) in [7, 11) is 0. The minimum absolute atomic E-state index is 0.669. The van der Waals surface area contributed by atoms with Crippen molar-refractivity contribution in [1.29, 1.82) is 0 Å². The van der Waals surface area contributed by atoms with Gasteiger partial charge in [-0.15, -0.1) is 0 Å². The zero-order chi connectivity index (χ0) is 10.2. The highest BCUT2D eigenvalue weighted by Crippen LogP contribution is 2.44. The molecule has 2 aliphatic rings. The summed E-state index contributed by atoms with van der Waals surface area (Å²) in [4.78, 5) is 0. The van der Waals surface area contributed by atoms with Crippen LogP contribution in [0.25, 0.3) is 0 Å². The minimum atomic E-state index is 0.669. The van der Waals surface area contributed by atoms with Crippen LogP contribution in [0.15, 0.2) is 0 Å². The second kappa shape index (κ2) is 3.84. The fraction of sp³-hybridized carbons (Fsp3) is 1.00. The van der Waals surface area contributed by atoms with Crippen LogP contribution in [-0.2, 0) is 0 Å². The molecule has 0 aliphatic heterocycles. The van der Waals surface area contributed by atoms with Crippen molar-refractivity contribution in [2.24, 2.45) is 17.3 Å². The molecule has 2 aliphatic carbocycles. The van der Waals surface area contributed by atoms with Crippen molar-refractivity contribution in [3.8, 4) is 0 Å². The van der Waals surface area contributed by atoms with Gasteiger partial charge < -0.3 is 5.32 Å². The fourth-order valence-corrected chi connectivity index (χ4v) is 2.74. The Labute approximate surface area is 88.7 Å². The van der Waals surface area contributed by atoms with E-state index >= 15 is 0 Å². The molecule has 0 aromatic heterocycles. The lowest BCUT2D eigenvalue weighted by atomic mass is 9.80. The third-order valence-electron chi connectivity index (χ3n) is 4.33. The first-order chi connectivity index (χ1) is 6.59. The molecule has 3 atom stereocenters. The van der Waals surface area contributed by atoms with Gasteiger partial charge in [0.05, 0.1) is 0 Å². The molecule has 2 saturated carbocycles. The molecule has 0 spiro atoms. The van der Waals surface area contributed by atoms with Gasteiger partial charge in [0.2, 0.25) is 0 Å². The van der Waals surface area contributed by atoms with Gasteiger partial charge in [0.25, 0.3) is 0 Å². The second-order valence-electron chi connectivity index (χ2n) is 6.19. The first-order valence-electron chi connectivity index (χ1n) is 6.32. The summed E-state index contributed by atoms with van der Waals surface area (Å²) in [6, 6.07) is 0.809. The first kappa shape index (κ1) is 10.5. The normalized spacial score (nSPS) is 40.9. The fourth-order valence-electron chi connectivity index (χ4n) is 2.74. The molecule has 1 heteroatoms. The summed E-state index contributed by atoms with van der Waals surface area (Å²) >= 11 is 0. The average Bonchev–Trinajstić information content (AvgIpc) is 2.83. The Morgan fingerprint density at radius 2 is 1.93 bits per heavy atom. The third kappa shape index (κ3) is 2.50. The molecule has 3 unspecified atom stereocenters. The number of hydrogen-bond donors (Lipinski definition) is 1. The predicted octanol–water partition coefficient (Wildman–Crippen LogP) is 3.20. The monoisotopic (exact) mass is 195 g/mol. The van der Waals surface area contributed by atoms with E-state index in [0.717, 1.165) is 17.9 Å². The first-order valence-corrected chi connectivity index (χ1v) is 6.32. The van der Waals surface area contributed by atoms with Gasteiger partial charge in [-0.05, 0) is 49.4 Å². The predicted molar refractivity (Wildman–Crippen MR) is 61.3 cm³/mol. The highest BCUT2D eigenvalue weighted by molar-refractivity contribution is 4.92. The third-order valence-corrected chi connectivity index (χ3v) is 4.33. The molecular formula is C13H25N. The lowest BCUT2D eigenvalue weighted by Crippen LogP contribution is -2.41. The van der Waals surface area contributed by atoms with E-state index in [1.165, 1.54) is 38.6 Å². The van der Waals surface area contributed by atoms with Crippen LogP contribution in [0.4, 0.5) is 0 Å². The van der Waals surface area contributed by atoms with Gasteiger partial charge in [-0.25, -0.2) is 0 Å². The Morgan fingerprint density at radius 3 is 2.50 bits per heavy atom. The average molecular weight is 195 g/mol. The molecule has 0 saturated heterocycles. The van der Waals surface area contributed by atoms with Crippen molar-refractivity contribution in [3.63, 3.8) is 0 Å².